The third-order valence-corrected chi connectivity index (χ3v) is 9.31. The molecule has 4 rings (SSSR count). The van der Waals surface area contributed by atoms with Crippen LogP contribution in [0.2, 0.25) is 0 Å². The lowest BCUT2D eigenvalue weighted by atomic mass is 9.77. The maximum atomic E-state index is 11.3. The largest absolute Gasteiger partial charge is 0.481 e. The van der Waals surface area contributed by atoms with E-state index >= 15 is 0 Å². The van der Waals surface area contributed by atoms with Crippen LogP contribution in [0.3, 0.4) is 0 Å². The molecular formula is C38H50O2. The van der Waals surface area contributed by atoms with E-state index in [4.69, 9.17) is 0 Å². The van der Waals surface area contributed by atoms with Crippen LogP contribution in [-0.4, -0.2) is 11.1 Å². The molecule has 3 aromatic carbocycles. The van der Waals surface area contributed by atoms with Gasteiger partial charge in [-0.25, -0.2) is 0 Å². The molecule has 0 amide bonds. The fourth-order valence-electron chi connectivity index (χ4n) is 6.65. The minimum atomic E-state index is -0.668. The smallest absolute Gasteiger partial charge is 0.306 e. The molecule has 1 atom stereocenters. The SMILES string of the molecule is CCCCCCCC1CCC(c2ccc(-c3ccccc3-c3ccc(CCCC(CC)C(=O)O)cc3)cc2)CC1. The van der Waals surface area contributed by atoms with E-state index in [9.17, 15) is 9.90 Å². The van der Waals surface area contributed by atoms with Gasteiger partial charge < -0.3 is 5.11 Å². The van der Waals surface area contributed by atoms with Crippen molar-refractivity contribution in [3.05, 3.63) is 83.9 Å². The predicted octanol–water partition coefficient (Wildman–Crippen LogP) is 11.1. The number of aliphatic carboxylic acids is 1. The first-order chi connectivity index (χ1) is 19.6. The fraction of sp³-hybridized carbons (Fsp3) is 0.500. The van der Waals surface area contributed by atoms with Gasteiger partial charge in [0.1, 0.15) is 0 Å². The summed E-state index contributed by atoms with van der Waals surface area (Å²) in [6, 6.07) is 27.0. The Bertz CT molecular complexity index is 1150. The lowest BCUT2D eigenvalue weighted by Gasteiger charge is -2.29. The summed E-state index contributed by atoms with van der Waals surface area (Å²) < 4.78 is 0. The zero-order chi connectivity index (χ0) is 28.2. The van der Waals surface area contributed by atoms with Crippen LogP contribution in [0.15, 0.2) is 72.8 Å². The third-order valence-electron chi connectivity index (χ3n) is 9.31. The van der Waals surface area contributed by atoms with Gasteiger partial charge in [-0.3, -0.25) is 4.79 Å². The number of hydrogen-bond donors (Lipinski definition) is 1. The number of benzene rings is 3. The number of unbranched alkanes of at least 4 members (excludes halogenated alkanes) is 4. The summed E-state index contributed by atoms with van der Waals surface area (Å²) in [7, 11) is 0. The third kappa shape index (κ3) is 8.56. The van der Waals surface area contributed by atoms with Gasteiger partial charge in [0.2, 0.25) is 0 Å². The summed E-state index contributed by atoms with van der Waals surface area (Å²) in [4.78, 5) is 11.3. The standard InChI is InChI=1S/C38H50O2/c1-3-5-6-7-8-12-29-17-21-32(22-18-29)33-25-27-35(28-26-33)37-16-10-9-15-36(37)34-23-19-30(20-24-34)13-11-14-31(4-2)38(39)40/h9-10,15-16,19-20,23-29,31-32H,3-8,11-14,17-18,21-22H2,1-2H3,(H,39,40). The Morgan fingerprint density at radius 2 is 1.35 bits per heavy atom. The van der Waals surface area contributed by atoms with Gasteiger partial charge in [0.15, 0.2) is 0 Å². The Morgan fingerprint density at radius 3 is 1.93 bits per heavy atom. The van der Waals surface area contributed by atoms with Gasteiger partial charge >= 0.3 is 5.97 Å². The van der Waals surface area contributed by atoms with Crippen LogP contribution in [-0.2, 0) is 11.2 Å². The molecule has 0 saturated heterocycles. The summed E-state index contributed by atoms with van der Waals surface area (Å²) in [6.07, 6.45) is 17.2. The van der Waals surface area contributed by atoms with Crippen LogP contribution in [0.4, 0.5) is 0 Å². The van der Waals surface area contributed by atoms with Crippen LogP contribution < -0.4 is 0 Å². The number of carbonyl (C=O) groups is 1. The van der Waals surface area contributed by atoms with E-state index < -0.39 is 5.97 Å². The van der Waals surface area contributed by atoms with Crippen LogP contribution in [0.25, 0.3) is 22.3 Å². The Balaban J connectivity index is 1.33. The van der Waals surface area contributed by atoms with Gasteiger partial charge in [-0.05, 0) is 96.6 Å². The minimum Gasteiger partial charge on any atom is -0.481 e. The van der Waals surface area contributed by atoms with Crippen molar-refractivity contribution >= 4 is 5.97 Å². The predicted molar refractivity (Wildman–Crippen MR) is 170 cm³/mol. The Hall–Kier alpha value is -2.87. The van der Waals surface area contributed by atoms with E-state index in [1.807, 2.05) is 6.92 Å². The fourth-order valence-corrected chi connectivity index (χ4v) is 6.65. The molecule has 1 N–H and O–H groups in total. The zero-order valence-electron chi connectivity index (χ0n) is 24.9. The molecule has 0 spiro atoms. The van der Waals surface area contributed by atoms with Gasteiger partial charge in [-0.1, -0.05) is 125 Å². The maximum Gasteiger partial charge on any atom is 0.306 e. The van der Waals surface area contributed by atoms with E-state index in [2.05, 4.69) is 79.7 Å². The minimum absolute atomic E-state index is 0.224. The first-order valence-corrected chi connectivity index (χ1v) is 16.1. The van der Waals surface area contributed by atoms with Crippen molar-refractivity contribution in [1.29, 1.82) is 0 Å². The first-order valence-electron chi connectivity index (χ1n) is 16.1. The molecule has 0 heterocycles. The summed E-state index contributed by atoms with van der Waals surface area (Å²) in [5, 5.41) is 9.29. The van der Waals surface area contributed by atoms with Crippen molar-refractivity contribution in [1.82, 2.24) is 0 Å². The van der Waals surface area contributed by atoms with Crippen molar-refractivity contribution in [2.45, 2.75) is 110 Å². The van der Waals surface area contributed by atoms with Crippen molar-refractivity contribution in [2.75, 3.05) is 0 Å². The summed E-state index contributed by atoms with van der Waals surface area (Å²) in [5.41, 5.74) is 7.84. The van der Waals surface area contributed by atoms with Gasteiger partial charge in [0.05, 0.1) is 5.92 Å². The quantitative estimate of drug-likeness (QED) is 0.195. The summed E-state index contributed by atoms with van der Waals surface area (Å²) >= 11 is 0. The number of carboxylic acids is 1. The molecule has 1 fully saturated rings. The summed E-state index contributed by atoms with van der Waals surface area (Å²) in [5.74, 6) is 0.778. The second-order valence-corrected chi connectivity index (χ2v) is 12.1. The maximum absolute atomic E-state index is 11.3. The van der Waals surface area contributed by atoms with E-state index in [1.165, 1.54) is 97.6 Å². The average molecular weight is 539 g/mol. The molecule has 0 aromatic heterocycles. The Labute approximate surface area is 243 Å². The van der Waals surface area contributed by atoms with Gasteiger partial charge in [-0.2, -0.15) is 0 Å². The highest BCUT2D eigenvalue weighted by molar-refractivity contribution is 5.83. The summed E-state index contributed by atoms with van der Waals surface area (Å²) in [6.45, 7) is 4.25. The lowest BCUT2D eigenvalue weighted by molar-refractivity contribution is -0.142. The van der Waals surface area contributed by atoms with E-state index in [-0.39, 0.29) is 5.92 Å². The molecular weight excluding hydrogens is 488 g/mol. The molecule has 1 aliphatic rings. The topological polar surface area (TPSA) is 37.3 Å². The van der Waals surface area contributed by atoms with E-state index in [0.717, 1.165) is 31.1 Å². The number of rotatable bonds is 15. The number of aryl methyl sites for hydroxylation is 1. The van der Waals surface area contributed by atoms with Crippen LogP contribution in [0.1, 0.15) is 114 Å². The molecule has 2 nitrogen and oxygen atoms in total. The zero-order valence-corrected chi connectivity index (χ0v) is 24.9. The molecule has 0 radical (unpaired) electrons. The van der Waals surface area contributed by atoms with E-state index in [0.29, 0.717) is 6.42 Å². The van der Waals surface area contributed by atoms with Gasteiger partial charge in [-0.15, -0.1) is 0 Å². The molecule has 2 heteroatoms. The number of carboxylic acid groups (broad SMARTS) is 1. The molecule has 3 aromatic rings. The molecule has 40 heavy (non-hydrogen) atoms. The Kier molecular flexibility index (Phi) is 11.9. The van der Waals surface area contributed by atoms with Crippen molar-refractivity contribution in [2.24, 2.45) is 11.8 Å². The second-order valence-electron chi connectivity index (χ2n) is 12.1. The Morgan fingerprint density at radius 1 is 0.750 bits per heavy atom. The van der Waals surface area contributed by atoms with Crippen molar-refractivity contribution in [3.8, 4) is 22.3 Å². The average Bonchev–Trinajstić information content (AvgIpc) is 3.00. The van der Waals surface area contributed by atoms with Crippen LogP contribution in [0, 0.1) is 11.8 Å². The van der Waals surface area contributed by atoms with Crippen LogP contribution >= 0.6 is 0 Å². The molecule has 0 aliphatic heterocycles. The molecule has 214 valence electrons. The first kappa shape index (κ1) is 30.1. The van der Waals surface area contributed by atoms with Gasteiger partial charge in [0.25, 0.3) is 0 Å². The van der Waals surface area contributed by atoms with Crippen molar-refractivity contribution < 1.29 is 9.90 Å². The molecule has 0 bridgehead atoms. The second kappa shape index (κ2) is 15.8. The molecule has 1 saturated carbocycles. The highest BCUT2D eigenvalue weighted by atomic mass is 16.4. The van der Waals surface area contributed by atoms with Gasteiger partial charge in [0, 0.05) is 0 Å². The molecule has 1 unspecified atom stereocenters. The monoisotopic (exact) mass is 538 g/mol. The highest BCUT2D eigenvalue weighted by Crippen LogP contribution is 2.39. The lowest BCUT2D eigenvalue weighted by Crippen LogP contribution is -2.13. The number of hydrogen-bond acceptors (Lipinski definition) is 1. The van der Waals surface area contributed by atoms with E-state index in [1.54, 1.807) is 0 Å². The van der Waals surface area contributed by atoms with Crippen LogP contribution in [0.5, 0.6) is 0 Å². The normalized spacial score (nSPS) is 17.9. The van der Waals surface area contributed by atoms with Crippen molar-refractivity contribution in [3.63, 3.8) is 0 Å². The molecule has 1 aliphatic carbocycles. The highest BCUT2D eigenvalue weighted by Gasteiger charge is 2.22.